The van der Waals surface area contributed by atoms with Crippen molar-refractivity contribution in [2.75, 3.05) is 0 Å². The molecule has 0 spiro atoms. The normalized spacial score (nSPS) is 18.9. The van der Waals surface area contributed by atoms with Crippen LogP contribution in [-0.2, 0) is 9.53 Å². The number of rotatable bonds is 1. The van der Waals surface area contributed by atoms with Crippen LogP contribution in [0, 0.1) is 6.92 Å². The Hall–Kier alpha value is -1.57. The topological polar surface area (TPSA) is 26.3 Å². The molecule has 2 heteroatoms. The van der Waals surface area contributed by atoms with Crippen molar-refractivity contribution in [1.82, 2.24) is 0 Å². The smallest absolute Gasteiger partial charge is 0.335 e. The molecule has 0 atom stereocenters. The first kappa shape index (κ1) is 10.9. The third-order valence-electron chi connectivity index (χ3n) is 2.97. The monoisotopic (exact) mass is 216 g/mol. The molecular formula is C14H16O2. The molecule has 0 N–H and O–H groups in total. The number of esters is 1. The zero-order valence-electron chi connectivity index (χ0n) is 10.1. The Morgan fingerprint density at radius 2 is 1.62 bits per heavy atom. The average molecular weight is 216 g/mol. The zero-order valence-corrected chi connectivity index (χ0v) is 10.1. The predicted octanol–water partition coefficient (Wildman–Crippen LogP) is 3.10. The van der Waals surface area contributed by atoms with Crippen LogP contribution in [0.15, 0.2) is 29.8 Å². The highest BCUT2D eigenvalue weighted by molar-refractivity contribution is 6.03. The van der Waals surface area contributed by atoms with Gasteiger partial charge in [0.1, 0.15) is 5.60 Å². The minimum absolute atomic E-state index is 0.208. The summed E-state index contributed by atoms with van der Waals surface area (Å²) in [5.41, 5.74) is 3.48. The summed E-state index contributed by atoms with van der Waals surface area (Å²) < 4.78 is 5.35. The van der Waals surface area contributed by atoms with Crippen LogP contribution in [-0.4, -0.2) is 11.6 Å². The van der Waals surface area contributed by atoms with Gasteiger partial charge in [-0.3, -0.25) is 0 Å². The highest BCUT2D eigenvalue weighted by atomic mass is 16.6. The van der Waals surface area contributed by atoms with Crippen molar-refractivity contribution in [3.63, 3.8) is 0 Å². The fourth-order valence-electron chi connectivity index (χ4n) is 2.20. The minimum Gasteiger partial charge on any atom is -0.451 e. The lowest BCUT2D eigenvalue weighted by molar-refractivity contribution is -0.143. The molecule has 0 amide bonds. The predicted molar refractivity (Wildman–Crippen MR) is 63.9 cm³/mol. The van der Waals surface area contributed by atoms with E-state index < -0.39 is 5.60 Å². The second-order valence-electron chi connectivity index (χ2n) is 4.77. The number of hydrogen-bond donors (Lipinski definition) is 0. The second-order valence-corrected chi connectivity index (χ2v) is 4.77. The first-order valence-corrected chi connectivity index (χ1v) is 5.43. The van der Waals surface area contributed by atoms with Crippen molar-refractivity contribution in [1.29, 1.82) is 0 Å². The molecule has 0 bridgehead atoms. The molecule has 0 aromatic heterocycles. The number of aryl methyl sites for hydroxylation is 1. The maximum Gasteiger partial charge on any atom is 0.335 e. The van der Waals surface area contributed by atoms with Gasteiger partial charge in [0.05, 0.1) is 0 Å². The molecule has 2 rings (SSSR count). The summed E-state index contributed by atoms with van der Waals surface area (Å²) in [4.78, 5) is 11.6. The lowest BCUT2D eigenvalue weighted by atomic mass is 9.89. The van der Waals surface area contributed by atoms with Gasteiger partial charge in [0, 0.05) is 11.1 Å². The van der Waals surface area contributed by atoms with Gasteiger partial charge in [-0.05, 0) is 33.3 Å². The largest absolute Gasteiger partial charge is 0.451 e. The number of cyclic esters (lactones) is 1. The molecule has 0 unspecified atom stereocenters. The molecule has 84 valence electrons. The van der Waals surface area contributed by atoms with Crippen LogP contribution in [0.25, 0.3) is 5.57 Å². The highest BCUT2D eigenvalue weighted by Gasteiger charge is 2.38. The summed E-state index contributed by atoms with van der Waals surface area (Å²) in [6.07, 6.45) is 0. The van der Waals surface area contributed by atoms with E-state index in [-0.39, 0.29) is 5.97 Å². The summed E-state index contributed by atoms with van der Waals surface area (Å²) in [5.74, 6) is -0.208. The van der Waals surface area contributed by atoms with Crippen molar-refractivity contribution in [2.24, 2.45) is 0 Å². The van der Waals surface area contributed by atoms with Crippen molar-refractivity contribution in [3.05, 3.63) is 41.0 Å². The van der Waals surface area contributed by atoms with Gasteiger partial charge in [-0.1, -0.05) is 29.8 Å². The third-order valence-corrected chi connectivity index (χ3v) is 2.97. The number of carbonyl (C=O) groups is 1. The van der Waals surface area contributed by atoms with E-state index in [1.54, 1.807) is 0 Å². The molecule has 0 saturated carbocycles. The van der Waals surface area contributed by atoms with Crippen molar-refractivity contribution >= 4 is 11.5 Å². The van der Waals surface area contributed by atoms with Crippen LogP contribution in [0.2, 0.25) is 0 Å². The van der Waals surface area contributed by atoms with E-state index in [2.05, 4.69) is 12.1 Å². The Morgan fingerprint density at radius 3 is 2.06 bits per heavy atom. The molecule has 1 aliphatic rings. The summed E-state index contributed by atoms with van der Waals surface area (Å²) in [6, 6.07) is 8.18. The first-order valence-electron chi connectivity index (χ1n) is 5.43. The van der Waals surface area contributed by atoms with E-state index in [0.717, 1.165) is 11.1 Å². The van der Waals surface area contributed by atoms with E-state index in [4.69, 9.17) is 4.74 Å². The summed E-state index contributed by atoms with van der Waals surface area (Å²) >= 11 is 0. The van der Waals surface area contributed by atoms with Gasteiger partial charge >= 0.3 is 5.97 Å². The van der Waals surface area contributed by atoms with E-state index in [0.29, 0.717) is 5.57 Å². The lowest BCUT2D eigenvalue weighted by Crippen LogP contribution is -2.22. The average Bonchev–Trinajstić information content (AvgIpc) is 2.39. The molecule has 0 saturated heterocycles. The van der Waals surface area contributed by atoms with Gasteiger partial charge in [0.25, 0.3) is 0 Å². The van der Waals surface area contributed by atoms with Gasteiger partial charge < -0.3 is 4.74 Å². The Bertz CT molecular complexity index is 464. The second kappa shape index (κ2) is 3.48. The fraction of sp³-hybridized carbons (Fsp3) is 0.357. The number of carbonyl (C=O) groups excluding carboxylic acids is 1. The Labute approximate surface area is 95.9 Å². The van der Waals surface area contributed by atoms with Gasteiger partial charge in [0.15, 0.2) is 0 Å². The maximum atomic E-state index is 11.6. The van der Waals surface area contributed by atoms with Gasteiger partial charge in [-0.2, -0.15) is 0 Å². The molecule has 1 aliphatic heterocycles. The lowest BCUT2D eigenvalue weighted by Gasteiger charge is -2.21. The molecule has 1 aromatic carbocycles. The number of hydrogen-bond acceptors (Lipinski definition) is 2. The molecule has 0 fully saturated rings. The number of benzene rings is 1. The summed E-state index contributed by atoms with van der Waals surface area (Å²) in [6.45, 7) is 7.73. The van der Waals surface area contributed by atoms with Crippen molar-refractivity contribution < 1.29 is 9.53 Å². The van der Waals surface area contributed by atoms with Crippen LogP contribution in [0.4, 0.5) is 0 Å². The zero-order chi connectivity index (χ0) is 11.9. The number of ether oxygens (including phenoxy) is 1. The Morgan fingerprint density at radius 1 is 1.06 bits per heavy atom. The maximum absolute atomic E-state index is 11.6. The molecule has 1 aromatic rings. The van der Waals surface area contributed by atoms with Crippen LogP contribution in [0.1, 0.15) is 31.9 Å². The van der Waals surface area contributed by atoms with Gasteiger partial charge in [0.2, 0.25) is 0 Å². The minimum atomic E-state index is -0.517. The van der Waals surface area contributed by atoms with E-state index >= 15 is 0 Å². The third kappa shape index (κ3) is 1.64. The fourth-order valence-corrected chi connectivity index (χ4v) is 2.20. The Balaban J connectivity index is 2.54. The van der Waals surface area contributed by atoms with Gasteiger partial charge in [-0.25, -0.2) is 4.79 Å². The summed E-state index contributed by atoms with van der Waals surface area (Å²) in [5, 5.41) is 0. The van der Waals surface area contributed by atoms with Crippen LogP contribution in [0.5, 0.6) is 0 Å². The molecule has 1 heterocycles. The van der Waals surface area contributed by atoms with Gasteiger partial charge in [-0.15, -0.1) is 0 Å². The Kier molecular flexibility index (Phi) is 2.38. The van der Waals surface area contributed by atoms with Crippen LogP contribution < -0.4 is 0 Å². The van der Waals surface area contributed by atoms with Crippen LogP contribution in [0.3, 0.4) is 0 Å². The SMILES string of the molecule is CC1=C(c2ccc(C)cc2)C(C)(C)OC1=O. The molecule has 0 radical (unpaired) electrons. The van der Waals surface area contributed by atoms with Crippen molar-refractivity contribution in [3.8, 4) is 0 Å². The van der Waals surface area contributed by atoms with E-state index in [9.17, 15) is 4.79 Å². The molecule has 2 nitrogen and oxygen atoms in total. The first-order chi connectivity index (χ1) is 7.42. The standard InChI is InChI=1S/C14H16O2/c1-9-5-7-11(8-6-9)12-10(2)13(15)16-14(12,3)4/h5-8H,1-4H3. The molecule has 16 heavy (non-hydrogen) atoms. The van der Waals surface area contributed by atoms with E-state index in [1.165, 1.54) is 5.56 Å². The van der Waals surface area contributed by atoms with Crippen LogP contribution >= 0.6 is 0 Å². The summed E-state index contributed by atoms with van der Waals surface area (Å²) in [7, 11) is 0. The quantitative estimate of drug-likeness (QED) is 0.674. The molecular weight excluding hydrogens is 200 g/mol. The van der Waals surface area contributed by atoms with Crippen molar-refractivity contribution in [2.45, 2.75) is 33.3 Å². The van der Waals surface area contributed by atoms with E-state index in [1.807, 2.05) is 39.8 Å². The molecule has 0 aliphatic carbocycles. The highest BCUT2D eigenvalue weighted by Crippen LogP contribution is 2.39.